The van der Waals surface area contributed by atoms with E-state index in [-0.39, 0.29) is 0 Å². The summed E-state index contributed by atoms with van der Waals surface area (Å²) in [6, 6.07) is 0. The lowest BCUT2D eigenvalue weighted by Gasteiger charge is -2.32. The molecule has 4 nitrogen and oxygen atoms in total. The maximum Gasteiger partial charge on any atom is 0.141 e. The van der Waals surface area contributed by atoms with Gasteiger partial charge in [0.1, 0.15) is 5.82 Å². The molecule has 1 aromatic rings. The normalized spacial score (nSPS) is 31.5. The molecule has 1 fully saturated rings. The molecule has 1 aromatic heterocycles. The number of aliphatic hydroxyl groups is 1. The Morgan fingerprint density at radius 3 is 2.53 bits per heavy atom. The highest BCUT2D eigenvalue weighted by Crippen LogP contribution is 2.36. The van der Waals surface area contributed by atoms with Gasteiger partial charge in [0.25, 0.3) is 0 Å². The van der Waals surface area contributed by atoms with Crippen LogP contribution in [0.1, 0.15) is 44.2 Å². The highest BCUT2D eigenvalue weighted by molar-refractivity contribution is 5.24. The van der Waals surface area contributed by atoms with E-state index in [1.165, 1.54) is 0 Å². The van der Waals surface area contributed by atoms with Crippen LogP contribution in [0.4, 0.5) is 5.82 Å². The predicted molar refractivity (Wildman–Crippen MR) is 58.3 cm³/mol. The van der Waals surface area contributed by atoms with Gasteiger partial charge in [-0.3, -0.25) is 4.98 Å². The highest BCUT2D eigenvalue weighted by atomic mass is 16.3. The van der Waals surface area contributed by atoms with Crippen LogP contribution in [-0.2, 0) is 0 Å². The first-order valence-electron chi connectivity index (χ1n) is 5.37. The van der Waals surface area contributed by atoms with Crippen molar-refractivity contribution < 1.29 is 5.11 Å². The van der Waals surface area contributed by atoms with Crippen molar-refractivity contribution in [3.8, 4) is 0 Å². The first kappa shape index (κ1) is 10.4. The Bertz CT molecular complexity index is 324. The molecule has 1 aliphatic carbocycles. The van der Waals surface area contributed by atoms with Crippen LogP contribution < -0.4 is 5.73 Å². The summed E-state index contributed by atoms with van der Waals surface area (Å²) in [5, 5.41) is 9.83. The molecule has 0 unspecified atom stereocenters. The van der Waals surface area contributed by atoms with Gasteiger partial charge in [-0.15, -0.1) is 0 Å². The molecule has 0 spiro atoms. The van der Waals surface area contributed by atoms with Gasteiger partial charge < -0.3 is 10.8 Å². The smallest absolute Gasteiger partial charge is 0.141 e. The summed E-state index contributed by atoms with van der Waals surface area (Å²) < 4.78 is 0. The van der Waals surface area contributed by atoms with Gasteiger partial charge in [-0.1, -0.05) is 0 Å². The van der Waals surface area contributed by atoms with Gasteiger partial charge in [-0.05, 0) is 32.6 Å². The van der Waals surface area contributed by atoms with E-state index < -0.39 is 5.60 Å². The van der Waals surface area contributed by atoms with Crippen molar-refractivity contribution in [2.45, 2.75) is 44.1 Å². The number of hydrogen-bond acceptors (Lipinski definition) is 4. The molecule has 3 N–H and O–H groups in total. The molecular weight excluding hydrogens is 190 g/mol. The van der Waals surface area contributed by atoms with Crippen molar-refractivity contribution in [1.29, 1.82) is 0 Å². The van der Waals surface area contributed by atoms with Crippen molar-refractivity contribution in [2.75, 3.05) is 5.73 Å². The second kappa shape index (κ2) is 3.77. The molecule has 0 amide bonds. The van der Waals surface area contributed by atoms with E-state index in [2.05, 4.69) is 9.97 Å². The van der Waals surface area contributed by atoms with Gasteiger partial charge in [0, 0.05) is 5.92 Å². The summed E-state index contributed by atoms with van der Waals surface area (Å²) in [6.07, 6.45) is 6.98. The molecule has 1 heterocycles. The van der Waals surface area contributed by atoms with E-state index >= 15 is 0 Å². The fraction of sp³-hybridized carbons (Fsp3) is 0.636. The van der Waals surface area contributed by atoms with Crippen LogP contribution in [0, 0.1) is 0 Å². The van der Waals surface area contributed by atoms with Gasteiger partial charge in [-0.25, -0.2) is 4.98 Å². The minimum absolute atomic E-state index is 0.429. The lowest BCUT2D eigenvalue weighted by molar-refractivity contribution is 0.0168. The van der Waals surface area contributed by atoms with Crippen LogP contribution >= 0.6 is 0 Å². The summed E-state index contributed by atoms with van der Waals surface area (Å²) >= 11 is 0. The molecule has 0 radical (unpaired) electrons. The number of rotatable bonds is 1. The molecule has 0 aromatic carbocycles. The van der Waals surface area contributed by atoms with Crippen molar-refractivity contribution >= 4 is 5.82 Å². The highest BCUT2D eigenvalue weighted by Gasteiger charge is 2.29. The summed E-state index contributed by atoms with van der Waals surface area (Å²) in [4.78, 5) is 8.32. The fourth-order valence-electron chi connectivity index (χ4n) is 2.09. The average molecular weight is 207 g/mol. The van der Waals surface area contributed by atoms with Crippen LogP contribution in [0.5, 0.6) is 0 Å². The number of nitrogens with two attached hydrogens (primary N) is 1. The fourth-order valence-corrected chi connectivity index (χ4v) is 2.09. The molecule has 15 heavy (non-hydrogen) atoms. The molecule has 4 heteroatoms. The molecular formula is C11H17N3O. The second-order valence-corrected chi connectivity index (χ2v) is 4.64. The van der Waals surface area contributed by atoms with Gasteiger partial charge in [-0.2, -0.15) is 0 Å². The van der Waals surface area contributed by atoms with E-state index in [0.717, 1.165) is 31.4 Å². The quantitative estimate of drug-likeness (QED) is 0.731. The van der Waals surface area contributed by atoms with Crippen LogP contribution in [-0.4, -0.2) is 20.7 Å². The molecule has 1 saturated carbocycles. The van der Waals surface area contributed by atoms with Gasteiger partial charge in [0.15, 0.2) is 0 Å². The Morgan fingerprint density at radius 1 is 1.33 bits per heavy atom. The lowest BCUT2D eigenvalue weighted by Crippen LogP contribution is -2.29. The summed E-state index contributed by atoms with van der Waals surface area (Å²) in [5.41, 5.74) is 6.00. The van der Waals surface area contributed by atoms with Crippen LogP contribution in [0.25, 0.3) is 0 Å². The van der Waals surface area contributed by atoms with Gasteiger partial charge in [0.2, 0.25) is 0 Å². The van der Waals surface area contributed by atoms with E-state index in [9.17, 15) is 5.11 Å². The summed E-state index contributed by atoms with van der Waals surface area (Å²) in [6.45, 7) is 1.90. The minimum Gasteiger partial charge on any atom is -0.390 e. The van der Waals surface area contributed by atoms with Crippen molar-refractivity contribution in [2.24, 2.45) is 0 Å². The van der Waals surface area contributed by atoms with Gasteiger partial charge in [0.05, 0.1) is 23.7 Å². The maximum absolute atomic E-state index is 9.83. The Morgan fingerprint density at radius 2 is 2.00 bits per heavy atom. The summed E-state index contributed by atoms with van der Waals surface area (Å²) in [7, 11) is 0. The minimum atomic E-state index is -0.488. The third kappa shape index (κ3) is 2.45. The zero-order chi connectivity index (χ0) is 10.9. The standard InChI is InChI=1S/C11H17N3O/c1-11(15)4-2-8(3-5-11)9-6-14-10(12)7-13-9/h6-8,15H,2-5H2,1H3,(H2,12,14)/t8-,11+. The third-order valence-corrected chi connectivity index (χ3v) is 3.17. The Labute approximate surface area is 89.6 Å². The molecule has 0 bridgehead atoms. The number of nitrogens with zero attached hydrogens (tertiary/aromatic N) is 2. The SMILES string of the molecule is C[C@]1(O)CC[C@@H](c2cnc(N)cn2)CC1. The summed E-state index contributed by atoms with van der Waals surface area (Å²) in [5.74, 6) is 0.889. The van der Waals surface area contributed by atoms with Crippen molar-refractivity contribution in [3.05, 3.63) is 18.1 Å². The number of aromatic nitrogens is 2. The largest absolute Gasteiger partial charge is 0.390 e. The van der Waals surface area contributed by atoms with E-state index in [4.69, 9.17) is 5.73 Å². The molecule has 0 aliphatic heterocycles. The first-order valence-corrected chi connectivity index (χ1v) is 5.37. The van der Waals surface area contributed by atoms with Crippen molar-refractivity contribution in [3.63, 3.8) is 0 Å². The topological polar surface area (TPSA) is 72.0 Å². The Hall–Kier alpha value is -1.16. The zero-order valence-corrected chi connectivity index (χ0v) is 8.98. The van der Waals surface area contributed by atoms with Crippen molar-refractivity contribution in [1.82, 2.24) is 9.97 Å². The molecule has 1 aliphatic rings. The van der Waals surface area contributed by atoms with Crippen LogP contribution in [0.2, 0.25) is 0 Å². The molecule has 0 saturated heterocycles. The lowest BCUT2D eigenvalue weighted by atomic mass is 9.79. The average Bonchev–Trinajstić information content (AvgIpc) is 2.20. The van der Waals surface area contributed by atoms with Gasteiger partial charge >= 0.3 is 0 Å². The van der Waals surface area contributed by atoms with E-state index in [0.29, 0.717) is 11.7 Å². The van der Waals surface area contributed by atoms with Crippen LogP contribution in [0.3, 0.4) is 0 Å². The monoisotopic (exact) mass is 207 g/mol. The van der Waals surface area contributed by atoms with E-state index in [1.807, 2.05) is 6.92 Å². The molecule has 82 valence electrons. The zero-order valence-electron chi connectivity index (χ0n) is 8.98. The Balaban J connectivity index is 2.04. The number of anilines is 1. The number of nitrogen functional groups attached to an aromatic ring is 1. The predicted octanol–water partition coefficient (Wildman–Crippen LogP) is 1.47. The molecule has 0 atom stereocenters. The first-order chi connectivity index (χ1) is 7.07. The van der Waals surface area contributed by atoms with Crippen LogP contribution in [0.15, 0.2) is 12.4 Å². The third-order valence-electron chi connectivity index (χ3n) is 3.17. The second-order valence-electron chi connectivity index (χ2n) is 4.64. The molecule has 2 rings (SSSR count). The maximum atomic E-state index is 9.83. The Kier molecular flexibility index (Phi) is 2.61. The number of hydrogen-bond donors (Lipinski definition) is 2. The van der Waals surface area contributed by atoms with E-state index in [1.54, 1.807) is 12.4 Å².